The number of nitrogens with zero attached hydrogens (tertiary/aromatic N) is 3. The molecule has 2 aromatic heterocycles. The molecule has 2 fully saturated rings. The number of fused-ring (bicyclic) bond motifs is 1. The van der Waals surface area contributed by atoms with Crippen LogP contribution in [0.2, 0.25) is 0 Å². The normalized spacial score (nSPS) is 27.3. The van der Waals surface area contributed by atoms with E-state index in [0.29, 0.717) is 12.6 Å². The summed E-state index contributed by atoms with van der Waals surface area (Å²) in [6, 6.07) is 4.58. The molecule has 0 radical (unpaired) electrons. The van der Waals surface area contributed by atoms with Gasteiger partial charge >= 0.3 is 0 Å². The van der Waals surface area contributed by atoms with Gasteiger partial charge in [0.05, 0.1) is 23.4 Å². The standard InChI is InChI=1S/C18H23N3O2S/c1-13-20-15(12-24-13)11-23-17-10-21(9-14-4-2-6-19-8-14)16-5-3-7-22-18(16)17/h2,4,6,8,12,16-18H,3,5,7,9-11H2,1H3/t16-,17-,18+/m1/s1. The molecule has 24 heavy (non-hydrogen) atoms. The molecule has 4 heterocycles. The summed E-state index contributed by atoms with van der Waals surface area (Å²) in [7, 11) is 0. The highest BCUT2D eigenvalue weighted by atomic mass is 32.1. The van der Waals surface area contributed by atoms with Gasteiger partial charge in [0.15, 0.2) is 0 Å². The number of aryl methyl sites for hydroxylation is 1. The highest BCUT2D eigenvalue weighted by molar-refractivity contribution is 7.09. The van der Waals surface area contributed by atoms with E-state index in [4.69, 9.17) is 9.47 Å². The van der Waals surface area contributed by atoms with E-state index < -0.39 is 0 Å². The molecule has 0 amide bonds. The number of aromatic nitrogens is 2. The zero-order valence-electron chi connectivity index (χ0n) is 13.9. The molecule has 0 aliphatic carbocycles. The minimum absolute atomic E-state index is 0.119. The monoisotopic (exact) mass is 345 g/mol. The number of ether oxygens (including phenoxy) is 2. The lowest BCUT2D eigenvalue weighted by atomic mass is 10.0. The van der Waals surface area contributed by atoms with Crippen LogP contribution in [0.15, 0.2) is 29.9 Å². The van der Waals surface area contributed by atoms with Crippen molar-refractivity contribution in [1.82, 2.24) is 14.9 Å². The van der Waals surface area contributed by atoms with Gasteiger partial charge in [0.2, 0.25) is 0 Å². The second-order valence-electron chi connectivity index (χ2n) is 6.54. The topological polar surface area (TPSA) is 47.5 Å². The number of hydrogen-bond acceptors (Lipinski definition) is 6. The zero-order chi connectivity index (χ0) is 16.4. The van der Waals surface area contributed by atoms with Crippen molar-refractivity contribution in [3.63, 3.8) is 0 Å². The van der Waals surface area contributed by atoms with Crippen molar-refractivity contribution in [3.8, 4) is 0 Å². The second kappa shape index (κ2) is 7.27. The second-order valence-corrected chi connectivity index (χ2v) is 7.61. The molecule has 0 N–H and O–H groups in total. The zero-order valence-corrected chi connectivity index (χ0v) is 14.7. The summed E-state index contributed by atoms with van der Waals surface area (Å²) < 4.78 is 12.3. The molecule has 4 rings (SSSR count). The van der Waals surface area contributed by atoms with Crippen LogP contribution in [0.5, 0.6) is 0 Å². The Labute approximate surface area is 146 Å². The van der Waals surface area contributed by atoms with E-state index in [2.05, 4.69) is 26.3 Å². The first-order chi connectivity index (χ1) is 11.8. The van der Waals surface area contributed by atoms with Gasteiger partial charge in [-0.15, -0.1) is 11.3 Å². The maximum Gasteiger partial charge on any atom is 0.100 e. The van der Waals surface area contributed by atoms with Crippen molar-refractivity contribution < 1.29 is 9.47 Å². The Morgan fingerprint density at radius 1 is 1.46 bits per heavy atom. The number of likely N-dealkylation sites (tertiary alicyclic amines) is 1. The molecular formula is C18H23N3O2S. The summed E-state index contributed by atoms with van der Waals surface area (Å²) in [5.74, 6) is 0. The van der Waals surface area contributed by atoms with E-state index >= 15 is 0 Å². The molecule has 2 aliphatic heterocycles. The lowest BCUT2D eigenvalue weighted by Crippen LogP contribution is -2.41. The molecule has 2 saturated heterocycles. The number of thiazole rings is 1. The number of pyridine rings is 1. The van der Waals surface area contributed by atoms with Crippen LogP contribution in [0.25, 0.3) is 0 Å². The van der Waals surface area contributed by atoms with Crippen LogP contribution in [0.1, 0.15) is 29.1 Å². The van der Waals surface area contributed by atoms with E-state index in [0.717, 1.165) is 36.8 Å². The minimum atomic E-state index is 0.119. The molecule has 0 unspecified atom stereocenters. The third-order valence-electron chi connectivity index (χ3n) is 4.80. The number of hydrogen-bond donors (Lipinski definition) is 0. The van der Waals surface area contributed by atoms with Gasteiger partial charge in [-0.3, -0.25) is 9.88 Å². The average molecular weight is 345 g/mol. The highest BCUT2D eigenvalue weighted by Gasteiger charge is 2.44. The Hall–Kier alpha value is -1.34. The molecule has 2 aliphatic rings. The van der Waals surface area contributed by atoms with E-state index in [1.165, 1.54) is 12.0 Å². The Morgan fingerprint density at radius 2 is 2.42 bits per heavy atom. The third-order valence-corrected chi connectivity index (χ3v) is 5.63. The van der Waals surface area contributed by atoms with Crippen molar-refractivity contribution in [3.05, 3.63) is 46.2 Å². The molecule has 0 aromatic carbocycles. The summed E-state index contributed by atoms with van der Waals surface area (Å²) in [6.45, 7) is 5.26. The van der Waals surface area contributed by atoms with Crippen LogP contribution in [0, 0.1) is 6.92 Å². The SMILES string of the molecule is Cc1nc(CO[C@@H]2CN(Cc3cccnc3)[C@@H]3CCCO[C@@H]32)cs1. The summed E-state index contributed by atoms with van der Waals surface area (Å²) in [4.78, 5) is 11.2. The minimum Gasteiger partial charge on any atom is -0.374 e. The van der Waals surface area contributed by atoms with Crippen LogP contribution in [0.4, 0.5) is 0 Å². The highest BCUT2D eigenvalue weighted by Crippen LogP contribution is 2.32. The lowest BCUT2D eigenvalue weighted by Gasteiger charge is -2.32. The van der Waals surface area contributed by atoms with Gasteiger partial charge < -0.3 is 9.47 Å². The quantitative estimate of drug-likeness (QED) is 0.834. The fraction of sp³-hybridized carbons (Fsp3) is 0.556. The summed E-state index contributed by atoms with van der Waals surface area (Å²) >= 11 is 1.67. The predicted octanol–water partition coefficient (Wildman–Crippen LogP) is 2.80. The summed E-state index contributed by atoms with van der Waals surface area (Å²) in [6.07, 6.45) is 6.37. The largest absolute Gasteiger partial charge is 0.374 e. The van der Waals surface area contributed by atoms with E-state index in [-0.39, 0.29) is 12.2 Å². The van der Waals surface area contributed by atoms with Crippen molar-refractivity contribution in [2.45, 2.75) is 51.2 Å². The first-order valence-corrected chi connectivity index (χ1v) is 9.45. The van der Waals surface area contributed by atoms with Gasteiger partial charge in [0.25, 0.3) is 0 Å². The average Bonchev–Trinajstić information content (AvgIpc) is 3.18. The maximum atomic E-state index is 6.20. The molecule has 5 nitrogen and oxygen atoms in total. The van der Waals surface area contributed by atoms with Crippen LogP contribution in [0.3, 0.4) is 0 Å². The molecule has 128 valence electrons. The molecule has 0 bridgehead atoms. The Kier molecular flexibility index (Phi) is 4.89. The summed E-state index contributed by atoms with van der Waals surface area (Å²) in [5.41, 5.74) is 2.27. The third kappa shape index (κ3) is 3.52. The maximum absolute atomic E-state index is 6.20. The first kappa shape index (κ1) is 16.1. The van der Waals surface area contributed by atoms with Crippen molar-refractivity contribution in [2.75, 3.05) is 13.2 Å². The van der Waals surface area contributed by atoms with E-state index in [1.807, 2.05) is 25.4 Å². The van der Waals surface area contributed by atoms with Crippen LogP contribution < -0.4 is 0 Å². The van der Waals surface area contributed by atoms with Crippen LogP contribution in [-0.4, -0.2) is 46.3 Å². The van der Waals surface area contributed by atoms with E-state index in [9.17, 15) is 0 Å². The van der Waals surface area contributed by atoms with Crippen molar-refractivity contribution in [2.24, 2.45) is 0 Å². The molecule has 0 saturated carbocycles. The predicted molar refractivity (Wildman–Crippen MR) is 92.8 cm³/mol. The van der Waals surface area contributed by atoms with Gasteiger partial charge in [-0.05, 0) is 31.4 Å². The fourth-order valence-electron chi connectivity index (χ4n) is 3.73. The lowest BCUT2D eigenvalue weighted by molar-refractivity contribution is -0.0823. The van der Waals surface area contributed by atoms with Crippen molar-refractivity contribution in [1.29, 1.82) is 0 Å². The smallest absolute Gasteiger partial charge is 0.100 e. The Bertz CT molecular complexity index is 663. The molecule has 2 aromatic rings. The van der Waals surface area contributed by atoms with Gasteiger partial charge in [-0.1, -0.05) is 6.07 Å². The van der Waals surface area contributed by atoms with Crippen LogP contribution in [-0.2, 0) is 22.6 Å². The van der Waals surface area contributed by atoms with Gasteiger partial charge in [0, 0.05) is 43.5 Å². The van der Waals surface area contributed by atoms with Gasteiger partial charge in [-0.2, -0.15) is 0 Å². The van der Waals surface area contributed by atoms with E-state index in [1.54, 1.807) is 11.3 Å². The molecule has 6 heteroatoms. The number of rotatable bonds is 5. The molecule has 0 spiro atoms. The molecular weight excluding hydrogens is 322 g/mol. The van der Waals surface area contributed by atoms with Crippen LogP contribution >= 0.6 is 11.3 Å². The Balaban J connectivity index is 1.42. The Morgan fingerprint density at radius 3 is 3.21 bits per heavy atom. The fourth-order valence-corrected chi connectivity index (χ4v) is 4.32. The first-order valence-electron chi connectivity index (χ1n) is 8.57. The molecule has 3 atom stereocenters. The van der Waals surface area contributed by atoms with Crippen molar-refractivity contribution >= 4 is 11.3 Å². The van der Waals surface area contributed by atoms with Gasteiger partial charge in [-0.25, -0.2) is 4.98 Å². The van der Waals surface area contributed by atoms with Gasteiger partial charge in [0.1, 0.15) is 6.10 Å². The summed E-state index contributed by atoms with van der Waals surface area (Å²) in [5, 5.41) is 3.17.